The first-order valence-electron chi connectivity index (χ1n) is 7.66. The average Bonchev–Trinajstić information content (AvgIpc) is 2.58. The van der Waals surface area contributed by atoms with Gasteiger partial charge in [-0.05, 0) is 29.8 Å². The summed E-state index contributed by atoms with van der Waals surface area (Å²) in [6, 6.07) is 12.8. The lowest BCUT2D eigenvalue weighted by Crippen LogP contribution is -2.27. The topological polar surface area (TPSA) is 29.1 Å². The Balaban J connectivity index is 1.57. The number of benzene rings is 2. The zero-order chi connectivity index (χ0) is 18.1. The highest BCUT2D eigenvalue weighted by molar-refractivity contribution is 9.10. The molecule has 2 nitrogen and oxygen atoms in total. The number of amides is 1. The van der Waals surface area contributed by atoms with Crippen LogP contribution in [0.3, 0.4) is 0 Å². The summed E-state index contributed by atoms with van der Waals surface area (Å²) >= 11 is 12.5. The van der Waals surface area contributed by atoms with Crippen molar-refractivity contribution in [2.24, 2.45) is 0 Å². The van der Waals surface area contributed by atoms with E-state index in [0.717, 1.165) is 10.2 Å². The molecule has 0 saturated carbocycles. The van der Waals surface area contributed by atoms with Gasteiger partial charge in [-0.1, -0.05) is 45.7 Å². The second-order valence-electron chi connectivity index (χ2n) is 5.22. The van der Waals surface area contributed by atoms with Gasteiger partial charge in [0.25, 0.3) is 0 Å². The molecule has 2 aromatic carbocycles. The van der Waals surface area contributed by atoms with Crippen molar-refractivity contribution in [2.45, 2.75) is 11.5 Å². The Hall–Kier alpha value is -0.690. The lowest BCUT2D eigenvalue weighted by molar-refractivity contribution is -0.118. The van der Waals surface area contributed by atoms with Crippen molar-refractivity contribution in [2.75, 3.05) is 18.1 Å². The molecule has 0 aliphatic rings. The molecule has 0 aliphatic carbocycles. The van der Waals surface area contributed by atoms with Crippen molar-refractivity contribution in [1.29, 1.82) is 0 Å². The zero-order valence-corrected chi connectivity index (χ0v) is 17.4. The van der Waals surface area contributed by atoms with Crippen LogP contribution < -0.4 is 5.32 Å². The summed E-state index contributed by atoms with van der Waals surface area (Å²) in [4.78, 5) is 11.8. The first kappa shape index (κ1) is 20.6. The van der Waals surface area contributed by atoms with E-state index in [1.807, 2.05) is 24.3 Å². The Morgan fingerprint density at radius 3 is 2.60 bits per heavy atom. The molecule has 0 radical (unpaired) electrons. The fourth-order valence-electron chi connectivity index (χ4n) is 2.00. The quantitative estimate of drug-likeness (QED) is 0.497. The highest BCUT2D eigenvalue weighted by Gasteiger charge is 2.07. The number of hydrogen-bond acceptors (Lipinski definition) is 3. The standard InChI is InChI=1S/C18H18BrClFNOS2/c19-14-6-4-13(5-7-14)10-25-12-18(23)22-8-9-24-11-15-16(20)2-1-3-17(15)21/h1-7H,8-12H2,(H,22,23). The van der Waals surface area contributed by atoms with Gasteiger partial charge in [0, 0.05) is 38.9 Å². The van der Waals surface area contributed by atoms with Gasteiger partial charge in [-0.2, -0.15) is 11.8 Å². The minimum Gasteiger partial charge on any atom is -0.355 e. The van der Waals surface area contributed by atoms with Crippen LogP contribution in [0.4, 0.5) is 4.39 Å². The van der Waals surface area contributed by atoms with Gasteiger partial charge in [0.15, 0.2) is 0 Å². The molecule has 0 aliphatic heterocycles. The number of nitrogens with one attached hydrogen (secondary N) is 1. The van der Waals surface area contributed by atoms with Crippen molar-refractivity contribution in [3.8, 4) is 0 Å². The molecule has 0 saturated heterocycles. The van der Waals surface area contributed by atoms with E-state index in [1.54, 1.807) is 35.7 Å². The Bertz CT molecular complexity index is 680. The molecule has 0 aromatic heterocycles. The Kier molecular flexibility index (Phi) is 9.17. The first-order chi connectivity index (χ1) is 12.1. The molecule has 2 rings (SSSR count). The molecular formula is C18H18BrClFNOS2. The normalized spacial score (nSPS) is 10.7. The summed E-state index contributed by atoms with van der Waals surface area (Å²) in [6.07, 6.45) is 0. The molecule has 0 unspecified atom stereocenters. The Morgan fingerprint density at radius 1 is 1.12 bits per heavy atom. The van der Waals surface area contributed by atoms with Gasteiger partial charge >= 0.3 is 0 Å². The molecule has 0 spiro atoms. The maximum atomic E-state index is 13.6. The van der Waals surface area contributed by atoms with Crippen LogP contribution in [0.2, 0.25) is 5.02 Å². The van der Waals surface area contributed by atoms with E-state index in [4.69, 9.17) is 11.6 Å². The fraction of sp³-hybridized carbons (Fsp3) is 0.278. The van der Waals surface area contributed by atoms with Gasteiger partial charge < -0.3 is 5.32 Å². The van der Waals surface area contributed by atoms with E-state index < -0.39 is 0 Å². The second kappa shape index (κ2) is 11.1. The van der Waals surface area contributed by atoms with Crippen LogP contribution in [0, 0.1) is 5.82 Å². The predicted molar refractivity (Wildman–Crippen MR) is 111 cm³/mol. The van der Waals surface area contributed by atoms with E-state index >= 15 is 0 Å². The lowest BCUT2D eigenvalue weighted by atomic mass is 10.2. The number of halogens is 3. The number of thioether (sulfide) groups is 2. The summed E-state index contributed by atoms with van der Waals surface area (Å²) in [5.74, 6) is 2.19. The molecule has 7 heteroatoms. The third kappa shape index (κ3) is 7.60. The van der Waals surface area contributed by atoms with Crippen LogP contribution in [0.25, 0.3) is 0 Å². The van der Waals surface area contributed by atoms with Gasteiger partial charge in [-0.25, -0.2) is 4.39 Å². The smallest absolute Gasteiger partial charge is 0.230 e. The van der Waals surface area contributed by atoms with Crippen LogP contribution in [0.15, 0.2) is 46.9 Å². The highest BCUT2D eigenvalue weighted by atomic mass is 79.9. The Morgan fingerprint density at radius 2 is 1.88 bits per heavy atom. The molecule has 0 fully saturated rings. The molecule has 1 amide bonds. The minimum absolute atomic E-state index is 0.0200. The minimum atomic E-state index is -0.284. The maximum absolute atomic E-state index is 13.6. The average molecular weight is 463 g/mol. The Labute approximate surface area is 169 Å². The molecule has 2 aromatic rings. The molecule has 0 heterocycles. The van der Waals surface area contributed by atoms with Crippen molar-refractivity contribution < 1.29 is 9.18 Å². The van der Waals surface area contributed by atoms with Gasteiger partial charge in [0.1, 0.15) is 5.82 Å². The largest absolute Gasteiger partial charge is 0.355 e. The van der Waals surface area contributed by atoms with Crippen molar-refractivity contribution in [3.05, 3.63) is 68.9 Å². The zero-order valence-electron chi connectivity index (χ0n) is 13.4. The molecular weight excluding hydrogens is 445 g/mol. The van der Waals surface area contributed by atoms with Gasteiger partial charge in [0.2, 0.25) is 5.91 Å². The molecule has 25 heavy (non-hydrogen) atoms. The number of carbonyl (C=O) groups is 1. The second-order valence-corrected chi connectivity index (χ2v) is 8.64. The summed E-state index contributed by atoms with van der Waals surface area (Å²) in [5, 5.41) is 3.32. The predicted octanol–water partition coefficient (Wildman–Crippen LogP) is 5.52. The van der Waals surface area contributed by atoms with Crippen LogP contribution in [-0.2, 0) is 16.3 Å². The number of hydrogen-bond donors (Lipinski definition) is 1. The SMILES string of the molecule is O=C(CSCc1ccc(Br)cc1)NCCSCc1c(F)cccc1Cl. The van der Waals surface area contributed by atoms with E-state index in [0.29, 0.717) is 34.4 Å². The van der Waals surface area contributed by atoms with Crippen molar-refractivity contribution in [3.63, 3.8) is 0 Å². The molecule has 134 valence electrons. The van der Waals surface area contributed by atoms with Gasteiger partial charge in [-0.3, -0.25) is 4.79 Å². The molecule has 1 N–H and O–H groups in total. The summed E-state index contributed by atoms with van der Waals surface area (Å²) < 4.78 is 14.7. The molecule has 0 atom stereocenters. The third-order valence-electron chi connectivity index (χ3n) is 3.29. The fourth-order valence-corrected chi connectivity index (χ4v) is 4.28. The van der Waals surface area contributed by atoms with Crippen molar-refractivity contribution in [1.82, 2.24) is 5.32 Å². The highest BCUT2D eigenvalue weighted by Crippen LogP contribution is 2.23. The van der Waals surface area contributed by atoms with Crippen LogP contribution in [0.5, 0.6) is 0 Å². The van der Waals surface area contributed by atoms with E-state index in [9.17, 15) is 9.18 Å². The lowest BCUT2D eigenvalue weighted by Gasteiger charge is -2.07. The number of carbonyl (C=O) groups excluding carboxylic acids is 1. The van der Waals surface area contributed by atoms with Crippen LogP contribution in [0.1, 0.15) is 11.1 Å². The van der Waals surface area contributed by atoms with Crippen LogP contribution >= 0.6 is 51.1 Å². The maximum Gasteiger partial charge on any atom is 0.230 e. The van der Waals surface area contributed by atoms with E-state index in [-0.39, 0.29) is 11.7 Å². The first-order valence-corrected chi connectivity index (χ1v) is 11.1. The van der Waals surface area contributed by atoms with Crippen molar-refractivity contribution >= 4 is 57.0 Å². The van der Waals surface area contributed by atoms with E-state index in [2.05, 4.69) is 21.2 Å². The summed E-state index contributed by atoms with van der Waals surface area (Å²) in [6.45, 7) is 0.564. The monoisotopic (exact) mass is 461 g/mol. The van der Waals surface area contributed by atoms with Crippen LogP contribution in [-0.4, -0.2) is 24.0 Å². The van der Waals surface area contributed by atoms with Gasteiger partial charge in [0.05, 0.1) is 5.75 Å². The third-order valence-corrected chi connectivity index (χ3v) is 6.16. The summed E-state index contributed by atoms with van der Waals surface area (Å²) in [7, 11) is 0. The molecule has 0 bridgehead atoms. The summed E-state index contributed by atoms with van der Waals surface area (Å²) in [5.41, 5.74) is 1.71. The van der Waals surface area contributed by atoms with E-state index in [1.165, 1.54) is 11.6 Å². The number of rotatable bonds is 9. The van der Waals surface area contributed by atoms with Gasteiger partial charge in [-0.15, -0.1) is 11.8 Å².